The second kappa shape index (κ2) is 8.90. The summed E-state index contributed by atoms with van der Waals surface area (Å²) >= 11 is 1.31. The van der Waals surface area contributed by atoms with E-state index in [-0.39, 0.29) is 11.7 Å². The first-order chi connectivity index (χ1) is 13.8. The maximum atomic E-state index is 12.2. The van der Waals surface area contributed by atoms with Gasteiger partial charge >= 0.3 is 0 Å². The largest absolute Gasteiger partial charge is 0.378 e. The predicted octanol–water partition coefficient (Wildman–Crippen LogP) is 2.83. The van der Waals surface area contributed by atoms with Gasteiger partial charge < -0.3 is 15.0 Å². The van der Waals surface area contributed by atoms with Gasteiger partial charge in [0.25, 0.3) is 0 Å². The number of benzene rings is 2. The zero-order valence-electron chi connectivity index (χ0n) is 15.3. The van der Waals surface area contributed by atoms with Gasteiger partial charge in [0, 0.05) is 24.5 Å². The summed E-state index contributed by atoms with van der Waals surface area (Å²) in [6.07, 6.45) is 1.65. The lowest BCUT2D eigenvalue weighted by Crippen LogP contribution is -2.36. The minimum Gasteiger partial charge on any atom is -0.378 e. The van der Waals surface area contributed by atoms with Crippen molar-refractivity contribution in [3.63, 3.8) is 0 Å². The molecule has 0 atom stereocenters. The predicted molar refractivity (Wildman–Crippen MR) is 110 cm³/mol. The molecule has 2 heterocycles. The van der Waals surface area contributed by atoms with Crippen molar-refractivity contribution in [3.05, 3.63) is 60.9 Å². The van der Waals surface area contributed by atoms with Gasteiger partial charge in [-0.25, -0.2) is 9.67 Å². The molecular formula is C20H21N5O2S. The number of carbonyl (C=O) groups excluding carboxylic acids is 1. The molecule has 7 nitrogen and oxygen atoms in total. The molecule has 1 aliphatic rings. The van der Waals surface area contributed by atoms with E-state index in [1.54, 1.807) is 11.0 Å². The fourth-order valence-corrected chi connectivity index (χ4v) is 3.52. The number of carbonyl (C=O) groups is 1. The van der Waals surface area contributed by atoms with Gasteiger partial charge in [-0.1, -0.05) is 30.0 Å². The van der Waals surface area contributed by atoms with Crippen LogP contribution in [0.15, 0.2) is 66.1 Å². The molecule has 1 aromatic heterocycles. The molecule has 1 aliphatic heterocycles. The zero-order valence-corrected chi connectivity index (χ0v) is 16.1. The molecule has 1 saturated heterocycles. The molecule has 28 heavy (non-hydrogen) atoms. The average molecular weight is 395 g/mol. The van der Waals surface area contributed by atoms with Crippen molar-refractivity contribution in [2.75, 3.05) is 42.3 Å². The lowest BCUT2D eigenvalue weighted by molar-refractivity contribution is -0.113. The summed E-state index contributed by atoms with van der Waals surface area (Å²) in [5, 5.41) is 7.88. The number of anilines is 2. The number of morpholine rings is 1. The van der Waals surface area contributed by atoms with Crippen molar-refractivity contribution in [1.29, 1.82) is 0 Å². The Kier molecular flexibility index (Phi) is 5.89. The van der Waals surface area contributed by atoms with E-state index in [9.17, 15) is 4.79 Å². The van der Waals surface area contributed by atoms with Crippen LogP contribution in [0, 0.1) is 0 Å². The molecule has 0 spiro atoms. The molecule has 0 radical (unpaired) electrons. The van der Waals surface area contributed by atoms with Crippen LogP contribution >= 0.6 is 11.8 Å². The highest BCUT2D eigenvalue weighted by Gasteiger charge is 2.12. The number of hydrogen-bond acceptors (Lipinski definition) is 6. The van der Waals surface area contributed by atoms with Crippen LogP contribution in [-0.2, 0) is 9.53 Å². The van der Waals surface area contributed by atoms with E-state index in [1.165, 1.54) is 11.8 Å². The van der Waals surface area contributed by atoms with Gasteiger partial charge in [-0.05, 0) is 36.4 Å². The molecule has 1 fully saturated rings. The first-order valence-electron chi connectivity index (χ1n) is 9.10. The molecule has 0 aliphatic carbocycles. The first-order valence-corrected chi connectivity index (χ1v) is 10.1. The highest BCUT2D eigenvalue weighted by atomic mass is 32.2. The third-order valence-electron chi connectivity index (χ3n) is 4.35. The maximum Gasteiger partial charge on any atom is 0.234 e. The van der Waals surface area contributed by atoms with Crippen molar-refractivity contribution < 1.29 is 9.53 Å². The van der Waals surface area contributed by atoms with Crippen molar-refractivity contribution in [3.8, 4) is 5.69 Å². The number of amides is 1. The van der Waals surface area contributed by atoms with Gasteiger partial charge in [0.1, 0.15) is 6.33 Å². The normalized spacial score (nSPS) is 14.1. The summed E-state index contributed by atoms with van der Waals surface area (Å²) in [4.78, 5) is 18.8. The molecule has 4 rings (SSSR count). The van der Waals surface area contributed by atoms with Crippen LogP contribution in [0.4, 0.5) is 11.4 Å². The van der Waals surface area contributed by atoms with E-state index in [2.05, 4.69) is 20.3 Å². The molecule has 3 aromatic rings. The van der Waals surface area contributed by atoms with Gasteiger partial charge in [-0.3, -0.25) is 4.79 Å². The Labute approximate surface area is 167 Å². The second-order valence-corrected chi connectivity index (χ2v) is 7.23. The summed E-state index contributed by atoms with van der Waals surface area (Å²) in [7, 11) is 0. The second-order valence-electron chi connectivity index (χ2n) is 6.29. The Bertz CT molecular complexity index is 908. The summed E-state index contributed by atoms with van der Waals surface area (Å²) in [6.45, 7) is 3.30. The molecule has 0 unspecified atom stereocenters. The van der Waals surface area contributed by atoms with Gasteiger partial charge in [-0.2, -0.15) is 0 Å². The Morgan fingerprint density at radius 1 is 1.04 bits per heavy atom. The van der Waals surface area contributed by atoms with Crippen LogP contribution in [0.2, 0.25) is 0 Å². The molecule has 0 bridgehead atoms. The number of ether oxygens (including phenoxy) is 1. The Morgan fingerprint density at radius 2 is 1.79 bits per heavy atom. The number of thioether (sulfide) groups is 1. The number of para-hydroxylation sites is 1. The molecule has 1 amide bonds. The van der Waals surface area contributed by atoms with Crippen LogP contribution in [0.3, 0.4) is 0 Å². The number of hydrogen-bond donors (Lipinski definition) is 1. The highest BCUT2D eigenvalue weighted by molar-refractivity contribution is 7.99. The summed E-state index contributed by atoms with van der Waals surface area (Å²) in [6, 6.07) is 17.7. The van der Waals surface area contributed by atoms with Crippen LogP contribution in [0.25, 0.3) is 5.69 Å². The lowest BCUT2D eigenvalue weighted by atomic mass is 10.2. The smallest absolute Gasteiger partial charge is 0.234 e. The van der Waals surface area contributed by atoms with E-state index in [0.717, 1.165) is 43.4 Å². The molecule has 0 saturated carbocycles. The van der Waals surface area contributed by atoms with Gasteiger partial charge in [-0.15, -0.1) is 5.10 Å². The Hall–Kier alpha value is -2.84. The monoisotopic (exact) mass is 395 g/mol. The van der Waals surface area contributed by atoms with E-state index in [1.807, 2.05) is 54.6 Å². The quantitative estimate of drug-likeness (QED) is 0.647. The highest BCUT2D eigenvalue weighted by Crippen LogP contribution is 2.20. The van der Waals surface area contributed by atoms with Gasteiger partial charge in [0.15, 0.2) is 0 Å². The number of aromatic nitrogens is 3. The van der Waals surface area contributed by atoms with Crippen LogP contribution < -0.4 is 10.2 Å². The van der Waals surface area contributed by atoms with E-state index >= 15 is 0 Å². The van der Waals surface area contributed by atoms with E-state index in [0.29, 0.717) is 5.16 Å². The van der Waals surface area contributed by atoms with Crippen molar-refractivity contribution in [1.82, 2.24) is 14.8 Å². The molecule has 144 valence electrons. The van der Waals surface area contributed by atoms with Gasteiger partial charge in [0.05, 0.1) is 24.7 Å². The molecule has 2 aromatic carbocycles. The van der Waals surface area contributed by atoms with E-state index < -0.39 is 0 Å². The van der Waals surface area contributed by atoms with Crippen molar-refractivity contribution in [2.24, 2.45) is 0 Å². The Morgan fingerprint density at radius 3 is 2.54 bits per heavy atom. The lowest BCUT2D eigenvalue weighted by Gasteiger charge is -2.28. The molecular weight excluding hydrogens is 374 g/mol. The summed E-state index contributed by atoms with van der Waals surface area (Å²) < 4.78 is 7.07. The minimum atomic E-state index is -0.0832. The van der Waals surface area contributed by atoms with Gasteiger partial charge in [0.2, 0.25) is 11.1 Å². The standard InChI is InChI=1S/C20H21N5O2S/c26-19(14-28-20-21-15-25(23-20)18-4-2-1-3-5-18)22-16-6-8-17(9-7-16)24-10-12-27-13-11-24/h1-9,15H,10-14H2,(H,22,26). The maximum absolute atomic E-state index is 12.2. The van der Waals surface area contributed by atoms with E-state index in [4.69, 9.17) is 4.74 Å². The number of rotatable bonds is 6. The molecule has 8 heteroatoms. The summed E-state index contributed by atoms with van der Waals surface area (Å²) in [5.41, 5.74) is 2.86. The van der Waals surface area contributed by atoms with Crippen molar-refractivity contribution >= 4 is 29.0 Å². The fraction of sp³-hybridized carbons (Fsp3) is 0.250. The fourth-order valence-electron chi connectivity index (χ4n) is 2.92. The topological polar surface area (TPSA) is 72.3 Å². The van der Waals surface area contributed by atoms with Crippen LogP contribution in [0.5, 0.6) is 0 Å². The Balaban J connectivity index is 1.28. The summed E-state index contributed by atoms with van der Waals surface area (Å²) in [5.74, 6) is 0.171. The minimum absolute atomic E-state index is 0.0832. The average Bonchev–Trinajstić information content (AvgIpc) is 3.23. The van der Waals surface area contributed by atoms with Crippen LogP contribution in [-0.4, -0.2) is 52.7 Å². The molecule has 1 N–H and O–H groups in total. The first kappa shape index (κ1) is 18.5. The van der Waals surface area contributed by atoms with Crippen molar-refractivity contribution in [2.45, 2.75) is 5.16 Å². The number of nitrogens with one attached hydrogen (secondary N) is 1. The SMILES string of the molecule is O=C(CSc1ncn(-c2ccccc2)n1)Nc1ccc(N2CCOCC2)cc1. The third kappa shape index (κ3) is 4.71. The van der Waals surface area contributed by atoms with Crippen LogP contribution in [0.1, 0.15) is 0 Å². The zero-order chi connectivity index (χ0) is 19.2. The third-order valence-corrected chi connectivity index (χ3v) is 5.20. The number of nitrogens with zero attached hydrogens (tertiary/aromatic N) is 4.